The van der Waals surface area contributed by atoms with Crippen LogP contribution in [0, 0.1) is 0 Å². The van der Waals surface area contributed by atoms with E-state index in [1.807, 2.05) is 36.4 Å². The normalized spacial score (nSPS) is 10.7. The van der Waals surface area contributed by atoms with Gasteiger partial charge in [-0.3, -0.25) is 4.79 Å². The van der Waals surface area contributed by atoms with Crippen molar-refractivity contribution in [1.29, 1.82) is 0 Å². The summed E-state index contributed by atoms with van der Waals surface area (Å²) in [5.74, 6) is 1.18. The molecule has 1 amide bonds. The Bertz CT molecular complexity index is 1200. The molecule has 3 aromatic rings. The molecule has 3 rings (SSSR count). The Balaban J connectivity index is 1.72. The molecule has 0 fully saturated rings. The lowest BCUT2D eigenvalue weighted by atomic mass is 10.2. The van der Waals surface area contributed by atoms with Crippen LogP contribution in [0.4, 0.5) is 0 Å². The zero-order valence-electron chi connectivity index (χ0n) is 18.2. The SMILES string of the molecule is C=CCOc1ccc(C(=O)N/N=C/c2cc(Br)cc(Br)c2OCc2ccc(Br)cc2)cc1OC. The average molecular weight is 653 g/mol. The Morgan fingerprint density at radius 2 is 1.76 bits per heavy atom. The fraction of sp³-hybridized carbons (Fsp3) is 0.120. The number of nitrogens with zero attached hydrogens (tertiary/aromatic N) is 1. The molecule has 0 bridgehead atoms. The molecule has 0 aliphatic rings. The molecule has 0 radical (unpaired) electrons. The van der Waals surface area contributed by atoms with Crippen molar-refractivity contribution >= 4 is 59.9 Å². The minimum atomic E-state index is -0.392. The Kier molecular flexibility index (Phi) is 9.74. The van der Waals surface area contributed by atoms with Crippen LogP contribution < -0.4 is 19.6 Å². The van der Waals surface area contributed by atoms with Gasteiger partial charge < -0.3 is 14.2 Å². The lowest BCUT2D eigenvalue weighted by Crippen LogP contribution is -2.17. The molecule has 0 atom stereocenters. The van der Waals surface area contributed by atoms with E-state index in [-0.39, 0.29) is 0 Å². The number of methoxy groups -OCH3 is 1. The summed E-state index contributed by atoms with van der Waals surface area (Å²) in [6, 6.07) is 16.5. The number of hydrogen-bond donors (Lipinski definition) is 1. The van der Waals surface area contributed by atoms with E-state index in [0.717, 1.165) is 19.0 Å². The topological polar surface area (TPSA) is 69.2 Å². The van der Waals surface area contributed by atoms with E-state index in [0.29, 0.717) is 41.6 Å². The monoisotopic (exact) mass is 650 g/mol. The number of carbonyl (C=O) groups excluding carboxylic acids is 1. The highest BCUT2D eigenvalue weighted by Gasteiger charge is 2.12. The maximum atomic E-state index is 12.6. The lowest BCUT2D eigenvalue weighted by molar-refractivity contribution is 0.0954. The third kappa shape index (κ3) is 7.19. The quantitative estimate of drug-likeness (QED) is 0.147. The van der Waals surface area contributed by atoms with Crippen LogP contribution in [0.5, 0.6) is 17.2 Å². The summed E-state index contributed by atoms with van der Waals surface area (Å²) >= 11 is 10.4. The van der Waals surface area contributed by atoms with Crippen LogP contribution in [0.1, 0.15) is 21.5 Å². The molecule has 34 heavy (non-hydrogen) atoms. The third-order valence-electron chi connectivity index (χ3n) is 4.49. The number of nitrogens with one attached hydrogen (secondary N) is 1. The number of halogens is 3. The first-order chi connectivity index (χ1) is 16.4. The van der Waals surface area contributed by atoms with Crippen molar-refractivity contribution in [3.05, 3.63) is 97.4 Å². The summed E-state index contributed by atoms with van der Waals surface area (Å²) in [7, 11) is 1.51. The van der Waals surface area contributed by atoms with Crippen molar-refractivity contribution in [2.75, 3.05) is 13.7 Å². The first-order valence-electron chi connectivity index (χ1n) is 10.0. The van der Waals surface area contributed by atoms with E-state index in [9.17, 15) is 4.79 Å². The summed E-state index contributed by atoms with van der Waals surface area (Å²) in [4.78, 5) is 12.6. The first-order valence-corrected chi connectivity index (χ1v) is 12.4. The van der Waals surface area contributed by atoms with E-state index >= 15 is 0 Å². The molecular formula is C25H21Br3N2O4. The van der Waals surface area contributed by atoms with Gasteiger partial charge in [-0.25, -0.2) is 5.43 Å². The third-order valence-corrected chi connectivity index (χ3v) is 6.06. The second kappa shape index (κ2) is 12.7. The average Bonchev–Trinajstić information content (AvgIpc) is 2.83. The summed E-state index contributed by atoms with van der Waals surface area (Å²) < 4.78 is 19.5. The zero-order chi connectivity index (χ0) is 24.5. The van der Waals surface area contributed by atoms with Gasteiger partial charge in [-0.1, -0.05) is 56.6 Å². The van der Waals surface area contributed by atoms with Crippen LogP contribution in [-0.2, 0) is 6.61 Å². The van der Waals surface area contributed by atoms with Crippen molar-refractivity contribution in [2.24, 2.45) is 5.10 Å². The van der Waals surface area contributed by atoms with E-state index in [1.165, 1.54) is 13.3 Å². The van der Waals surface area contributed by atoms with Gasteiger partial charge in [0, 0.05) is 20.1 Å². The summed E-state index contributed by atoms with van der Waals surface area (Å²) in [6.07, 6.45) is 3.16. The predicted octanol–water partition coefficient (Wildman–Crippen LogP) is 6.89. The number of amides is 1. The maximum Gasteiger partial charge on any atom is 0.271 e. The van der Waals surface area contributed by atoms with E-state index in [4.69, 9.17) is 14.2 Å². The largest absolute Gasteiger partial charge is 0.493 e. The second-order valence-electron chi connectivity index (χ2n) is 6.89. The minimum Gasteiger partial charge on any atom is -0.493 e. The Labute approximate surface area is 223 Å². The molecular weight excluding hydrogens is 632 g/mol. The molecule has 0 aromatic heterocycles. The fourth-order valence-electron chi connectivity index (χ4n) is 2.87. The molecule has 0 aliphatic heterocycles. The fourth-order valence-corrected chi connectivity index (χ4v) is 4.50. The summed E-state index contributed by atoms with van der Waals surface area (Å²) in [6.45, 7) is 4.33. The number of benzene rings is 3. The Hall–Kier alpha value is -2.62. The smallest absolute Gasteiger partial charge is 0.271 e. The van der Waals surface area contributed by atoms with Gasteiger partial charge in [0.05, 0.1) is 17.8 Å². The molecule has 0 saturated carbocycles. The number of rotatable bonds is 10. The van der Waals surface area contributed by atoms with Crippen LogP contribution in [0.2, 0.25) is 0 Å². The van der Waals surface area contributed by atoms with Crippen LogP contribution in [0.15, 0.2) is 85.8 Å². The van der Waals surface area contributed by atoms with E-state index in [1.54, 1.807) is 24.3 Å². The van der Waals surface area contributed by atoms with Crippen molar-refractivity contribution < 1.29 is 19.0 Å². The summed E-state index contributed by atoms with van der Waals surface area (Å²) in [5, 5.41) is 4.12. The van der Waals surface area contributed by atoms with Crippen molar-refractivity contribution in [2.45, 2.75) is 6.61 Å². The Morgan fingerprint density at radius 1 is 1.00 bits per heavy atom. The van der Waals surface area contributed by atoms with Crippen LogP contribution >= 0.6 is 47.8 Å². The first kappa shape index (κ1) is 26.0. The lowest BCUT2D eigenvalue weighted by Gasteiger charge is -2.12. The molecule has 3 aromatic carbocycles. The number of carbonyl (C=O) groups is 1. The highest BCUT2D eigenvalue weighted by atomic mass is 79.9. The van der Waals surface area contributed by atoms with Gasteiger partial charge in [0.2, 0.25) is 0 Å². The van der Waals surface area contributed by atoms with E-state index < -0.39 is 5.91 Å². The van der Waals surface area contributed by atoms with Gasteiger partial charge in [0.1, 0.15) is 19.0 Å². The standard InChI is InChI=1S/C25H21Br3N2O4/c1-3-10-33-22-9-6-17(12-23(22)32-2)25(31)30-29-14-18-11-20(27)13-21(28)24(18)34-15-16-4-7-19(26)8-5-16/h3-9,11-14H,1,10,15H2,2H3,(H,30,31)/b29-14+. The Morgan fingerprint density at radius 3 is 2.47 bits per heavy atom. The van der Waals surface area contributed by atoms with E-state index in [2.05, 4.69) is 64.9 Å². The van der Waals surface area contributed by atoms with Crippen molar-refractivity contribution in [3.63, 3.8) is 0 Å². The van der Waals surface area contributed by atoms with Crippen LogP contribution in [0.25, 0.3) is 0 Å². The molecule has 0 unspecified atom stereocenters. The molecule has 1 N–H and O–H groups in total. The maximum absolute atomic E-state index is 12.6. The molecule has 0 spiro atoms. The second-order valence-corrected chi connectivity index (χ2v) is 9.57. The van der Waals surface area contributed by atoms with Gasteiger partial charge in [-0.2, -0.15) is 5.10 Å². The van der Waals surface area contributed by atoms with Crippen LogP contribution in [-0.4, -0.2) is 25.8 Å². The van der Waals surface area contributed by atoms with Crippen molar-refractivity contribution in [3.8, 4) is 17.2 Å². The van der Waals surface area contributed by atoms with Crippen LogP contribution in [0.3, 0.4) is 0 Å². The van der Waals surface area contributed by atoms with Gasteiger partial charge in [0.25, 0.3) is 5.91 Å². The molecule has 176 valence electrons. The van der Waals surface area contributed by atoms with Gasteiger partial charge in [0.15, 0.2) is 11.5 Å². The molecule has 0 saturated heterocycles. The van der Waals surface area contributed by atoms with Gasteiger partial charge >= 0.3 is 0 Å². The minimum absolute atomic E-state index is 0.334. The number of hydrazone groups is 1. The highest BCUT2D eigenvalue weighted by Crippen LogP contribution is 2.33. The molecule has 0 heterocycles. The number of hydrogen-bond acceptors (Lipinski definition) is 5. The molecule has 6 nitrogen and oxygen atoms in total. The molecule has 9 heteroatoms. The number of ether oxygens (including phenoxy) is 3. The molecule has 0 aliphatic carbocycles. The predicted molar refractivity (Wildman–Crippen MR) is 144 cm³/mol. The van der Waals surface area contributed by atoms with Gasteiger partial charge in [-0.15, -0.1) is 0 Å². The van der Waals surface area contributed by atoms with Crippen molar-refractivity contribution in [1.82, 2.24) is 5.43 Å². The van der Waals surface area contributed by atoms with Gasteiger partial charge in [-0.05, 0) is 64.0 Å². The zero-order valence-corrected chi connectivity index (χ0v) is 22.9. The summed E-state index contributed by atoms with van der Waals surface area (Å²) in [5.41, 5.74) is 4.61. The highest BCUT2D eigenvalue weighted by molar-refractivity contribution is 9.11.